The third kappa shape index (κ3) is 4.08. The summed E-state index contributed by atoms with van der Waals surface area (Å²) < 4.78 is 0. The van der Waals surface area contributed by atoms with Gasteiger partial charge in [-0.25, -0.2) is 4.79 Å². The quantitative estimate of drug-likeness (QED) is 0.881. The van der Waals surface area contributed by atoms with Crippen LogP contribution in [0.4, 0.5) is 16.2 Å². The normalized spacial score (nSPS) is 19.2. The van der Waals surface area contributed by atoms with Crippen molar-refractivity contribution >= 4 is 23.3 Å². The maximum Gasteiger partial charge on any atom is 0.319 e. The molecule has 1 aliphatic carbocycles. The number of nitrogens with zero attached hydrogens (tertiary/aromatic N) is 1. The van der Waals surface area contributed by atoms with E-state index in [2.05, 4.69) is 10.6 Å². The van der Waals surface area contributed by atoms with Crippen molar-refractivity contribution in [1.29, 1.82) is 0 Å². The molecule has 3 amide bonds. The number of piperidine rings is 1. The predicted molar refractivity (Wildman–Crippen MR) is 96.4 cm³/mol. The van der Waals surface area contributed by atoms with E-state index in [9.17, 15) is 9.59 Å². The molecule has 2 N–H and O–H groups in total. The molecule has 1 saturated heterocycles. The molecule has 2 fully saturated rings. The first-order valence-corrected chi connectivity index (χ1v) is 9.12. The largest absolute Gasteiger partial charge is 0.335 e. The molecule has 1 saturated carbocycles. The lowest BCUT2D eigenvalue weighted by molar-refractivity contribution is -0.119. The van der Waals surface area contributed by atoms with Gasteiger partial charge in [-0.3, -0.25) is 4.79 Å². The number of amides is 3. The number of rotatable bonds is 3. The Balaban J connectivity index is 1.61. The van der Waals surface area contributed by atoms with Gasteiger partial charge in [-0.1, -0.05) is 19.3 Å². The summed E-state index contributed by atoms with van der Waals surface area (Å²) in [5.74, 6) is 0.195. The first-order valence-electron chi connectivity index (χ1n) is 9.12. The Bertz CT molecular complexity index is 609. The van der Waals surface area contributed by atoms with Crippen molar-refractivity contribution in [2.75, 3.05) is 16.8 Å². The van der Waals surface area contributed by atoms with Crippen LogP contribution in [0.25, 0.3) is 0 Å². The van der Waals surface area contributed by atoms with Gasteiger partial charge >= 0.3 is 6.03 Å². The van der Waals surface area contributed by atoms with Gasteiger partial charge in [0.2, 0.25) is 5.91 Å². The maximum absolute atomic E-state index is 12.1. The van der Waals surface area contributed by atoms with Crippen LogP contribution < -0.4 is 15.5 Å². The van der Waals surface area contributed by atoms with Gasteiger partial charge in [-0.15, -0.1) is 0 Å². The molecule has 0 radical (unpaired) electrons. The second-order valence-electron chi connectivity index (χ2n) is 6.94. The molecule has 1 aromatic rings. The van der Waals surface area contributed by atoms with Crippen LogP contribution in [-0.2, 0) is 4.79 Å². The molecule has 1 aliphatic heterocycles. The van der Waals surface area contributed by atoms with Gasteiger partial charge in [0.05, 0.1) is 0 Å². The molecule has 0 spiro atoms. The Morgan fingerprint density at radius 3 is 2.62 bits per heavy atom. The zero-order chi connectivity index (χ0) is 16.9. The van der Waals surface area contributed by atoms with E-state index >= 15 is 0 Å². The van der Waals surface area contributed by atoms with Crippen molar-refractivity contribution in [2.24, 2.45) is 0 Å². The van der Waals surface area contributed by atoms with Gasteiger partial charge in [0, 0.05) is 30.4 Å². The molecule has 0 aromatic heterocycles. The van der Waals surface area contributed by atoms with Gasteiger partial charge < -0.3 is 15.5 Å². The van der Waals surface area contributed by atoms with Crippen LogP contribution in [-0.4, -0.2) is 24.5 Å². The minimum absolute atomic E-state index is 0.136. The fourth-order valence-electron chi connectivity index (χ4n) is 3.70. The van der Waals surface area contributed by atoms with Crippen molar-refractivity contribution in [3.8, 4) is 0 Å². The Morgan fingerprint density at radius 2 is 1.92 bits per heavy atom. The van der Waals surface area contributed by atoms with Crippen molar-refractivity contribution < 1.29 is 9.59 Å². The topological polar surface area (TPSA) is 61.4 Å². The van der Waals surface area contributed by atoms with E-state index in [1.54, 1.807) is 0 Å². The molecule has 5 nitrogen and oxygen atoms in total. The summed E-state index contributed by atoms with van der Waals surface area (Å²) in [6, 6.07) is 5.92. The number of nitrogens with one attached hydrogen (secondary N) is 2. The summed E-state index contributed by atoms with van der Waals surface area (Å²) in [7, 11) is 0. The lowest BCUT2D eigenvalue weighted by atomic mass is 9.96. The number of aryl methyl sites for hydroxylation is 1. The highest BCUT2D eigenvalue weighted by Crippen LogP contribution is 2.27. The molecule has 0 atom stereocenters. The summed E-state index contributed by atoms with van der Waals surface area (Å²) in [5, 5.41) is 5.98. The summed E-state index contributed by atoms with van der Waals surface area (Å²) in [4.78, 5) is 26.1. The van der Waals surface area contributed by atoms with Crippen LogP contribution >= 0.6 is 0 Å². The molecule has 130 valence electrons. The predicted octanol–water partition coefficient (Wildman–Crippen LogP) is 3.97. The van der Waals surface area contributed by atoms with E-state index in [1.165, 1.54) is 19.3 Å². The minimum Gasteiger partial charge on any atom is -0.335 e. The number of benzene rings is 1. The number of urea groups is 1. The SMILES string of the molecule is Cc1cc(NC(=O)NC2CCCCC2)ccc1N1CCCCC1=O. The Labute approximate surface area is 143 Å². The molecule has 2 aliphatic rings. The number of anilines is 2. The highest BCUT2D eigenvalue weighted by Gasteiger charge is 2.21. The third-order valence-electron chi connectivity index (χ3n) is 5.01. The zero-order valence-electron chi connectivity index (χ0n) is 14.4. The van der Waals surface area contributed by atoms with Crippen molar-refractivity contribution in [3.05, 3.63) is 23.8 Å². The number of hydrogen-bond donors (Lipinski definition) is 2. The second-order valence-corrected chi connectivity index (χ2v) is 6.94. The van der Waals surface area contributed by atoms with Gasteiger partial charge in [-0.2, -0.15) is 0 Å². The molecule has 0 unspecified atom stereocenters. The Hall–Kier alpha value is -2.04. The zero-order valence-corrected chi connectivity index (χ0v) is 14.4. The van der Waals surface area contributed by atoms with E-state index < -0.39 is 0 Å². The monoisotopic (exact) mass is 329 g/mol. The van der Waals surface area contributed by atoms with Gasteiger partial charge in [0.25, 0.3) is 0 Å². The van der Waals surface area contributed by atoms with Crippen molar-refractivity contribution in [1.82, 2.24) is 5.32 Å². The Kier molecular flexibility index (Phi) is 5.38. The van der Waals surface area contributed by atoms with Crippen LogP contribution in [0.5, 0.6) is 0 Å². The molecule has 5 heteroatoms. The number of carbonyl (C=O) groups is 2. The fraction of sp³-hybridized carbons (Fsp3) is 0.579. The summed E-state index contributed by atoms with van der Waals surface area (Å²) in [6.07, 6.45) is 8.47. The standard InChI is InChI=1S/C19H27N3O2/c1-14-13-16(21-19(24)20-15-7-3-2-4-8-15)10-11-17(14)22-12-6-5-9-18(22)23/h10-11,13,15H,2-9,12H2,1H3,(H2,20,21,24). The van der Waals surface area contributed by atoms with Crippen LogP contribution in [0.2, 0.25) is 0 Å². The van der Waals surface area contributed by atoms with E-state index in [-0.39, 0.29) is 11.9 Å². The number of carbonyl (C=O) groups excluding carboxylic acids is 2. The minimum atomic E-state index is -0.136. The lowest BCUT2D eigenvalue weighted by Crippen LogP contribution is -2.39. The highest BCUT2D eigenvalue weighted by atomic mass is 16.2. The third-order valence-corrected chi connectivity index (χ3v) is 5.01. The average Bonchev–Trinajstić information content (AvgIpc) is 2.57. The molecule has 1 aromatic carbocycles. The van der Waals surface area contributed by atoms with Crippen LogP contribution in [0.1, 0.15) is 56.9 Å². The molecular weight excluding hydrogens is 302 g/mol. The smallest absolute Gasteiger partial charge is 0.319 e. The van der Waals surface area contributed by atoms with Gasteiger partial charge in [0.1, 0.15) is 0 Å². The molecule has 3 rings (SSSR count). The second kappa shape index (κ2) is 7.69. The van der Waals surface area contributed by atoms with E-state index in [4.69, 9.17) is 0 Å². The summed E-state index contributed by atoms with van der Waals surface area (Å²) >= 11 is 0. The fourth-order valence-corrected chi connectivity index (χ4v) is 3.70. The van der Waals surface area contributed by atoms with Gasteiger partial charge in [0.15, 0.2) is 0 Å². The van der Waals surface area contributed by atoms with E-state index in [1.807, 2.05) is 30.0 Å². The Morgan fingerprint density at radius 1 is 1.12 bits per heavy atom. The van der Waals surface area contributed by atoms with Crippen molar-refractivity contribution in [2.45, 2.75) is 64.3 Å². The van der Waals surface area contributed by atoms with Gasteiger partial charge in [-0.05, 0) is 56.4 Å². The molecule has 24 heavy (non-hydrogen) atoms. The summed E-state index contributed by atoms with van der Waals surface area (Å²) in [6.45, 7) is 2.77. The molecule has 0 bridgehead atoms. The average molecular weight is 329 g/mol. The first-order chi connectivity index (χ1) is 11.6. The van der Waals surface area contributed by atoms with Crippen LogP contribution in [0.15, 0.2) is 18.2 Å². The maximum atomic E-state index is 12.1. The van der Waals surface area contributed by atoms with E-state index in [0.29, 0.717) is 12.5 Å². The molecule has 1 heterocycles. The lowest BCUT2D eigenvalue weighted by Gasteiger charge is -2.28. The number of hydrogen-bond acceptors (Lipinski definition) is 2. The summed E-state index contributed by atoms with van der Waals surface area (Å²) in [5.41, 5.74) is 2.74. The highest BCUT2D eigenvalue weighted by molar-refractivity contribution is 5.95. The van der Waals surface area contributed by atoms with E-state index in [0.717, 1.165) is 49.2 Å². The first kappa shape index (κ1) is 16.8. The van der Waals surface area contributed by atoms with Crippen LogP contribution in [0, 0.1) is 6.92 Å². The van der Waals surface area contributed by atoms with Crippen LogP contribution in [0.3, 0.4) is 0 Å². The molecular formula is C19H27N3O2. The van der Waals surface area contributed by atoms with Crippen molar-refractivity contribution in [3.63, 3.8) is 0 Å².